The fourth-order valence-electron chi connectivity index (χ4n) is 6.23. The molecule has 0 aromatic heterocycles. The Morgan fingerprint density at radius 3 is 1.88 bits per heavy atom. The van der Waals surface area contributed by atoms with E-state index in [-0.39, 0.29) is 30.4 Å². The molecular formula is C36H35N3O4. The van der Waals surface area contributed by atoms with Crippen molar-refractivity contribution >= 4 is 17.9 Å². The molecule has 0 saturated carbocycles. The Kier molecular flexibility index (Phi) is 8.22. The minimum atomic E-state index is -0.799. The summed E-state index contributed by atoms with van der Waals surface area (Å²) in [6.45, 7) is 2.28. The Bertz CT molecular complexity index is 1520. The van der Waals surface area contributed by atoms with Gasteiger partial charge in [-0.15, -0.1) is 0 Å². The van der Waals surface area contributed by atoms with Gasteiger partial charge >= 0.3 is 6.09 Å². The SMILES string of the molecule is C[C@@H](NC(=O)[C@@H]1CCCN1C(=O)OCC1c2ccccc2-c2ccccc21)C(=O)NC(c1ccccc1)c1ccccc1. The van der Waals surface area contributed by atoms with Crippen molar-refractivity contribution < 1.29 is 19.1 Å². The van der Waals surface area contributed by atoms with Crippen molar-refractivity contribution in [1.29, 1.82) is 0 Å². The second-order valence-corrected chi connectivity index (χ2v) is 11.1. The predicted octanol–water partition coefficient (Wildman–Crippen LogP) is 5.81. The Labute approximate surface area is 251 Å². The molecule has 4 aromatic carbocycles. The number of nitrogens with zero attached hydrogens (tertiary/aromatic N) is 1. The lowest BCUT2D eigenvalue weighted by atomic mass is 9.98. The van der Waals surface area contributed by atoms with Crippen LogP contribution in [0.5, 0.6) is 0 Å². The van der Waals surface area contributed by atoms with Crippen LogP contribution in [-0.2, 0) is 14.3 Å². The summed E-state index contributed by atoms with van der Waals surface area (Å²) in [6, 6.07) is 34.0. The lowest BCUT2D eigenvalue weighted by Crippen LogP contribution is -2.52. The van der Waals surface area contributed by atoms with E-state index < -0.39 is 18.2 Å². The smallest absolute Gasteiger partial charge is 0.410 e. The first-order valence-electron chi connectivity index (χ1n) is 14.8. The number of likely N-dealkylation sites (tertiary alicyclic amines) is 1. The van der Waals surface area contributed by atoms with Gasteiger partial charge in [-0.25, -0.2) is 4.79 Å². The summed E-state index contributed by atoms with van der Waals surface area (Å²) in [5.74, 6) is -0.724. The molecule has 218 valence electrons. The second kappa shape index (κ2) is 12.5. The van der Waals surface area contributed by atoms with E-state index in [1.54, 1.807) is 6.92 Å². The molecule has 0 unspecified atom stereocenters. The largest absolute Gasteiger partial charge is 0.448 e. The third kappa shape index (κ3) is 5.89. The molecule has 4 aromatic rings. The topological polar surface area (TPSA) is 87.7 Å². The van der Waals surface area contributed by atoms with E-state index in [1.807, 2.05) is 84.9 Å². The van der Waals surface area contributed by atoms with Gasteiger partial charge in [-0.2, -0.15) is 0 Å². The minimum absolute atomic E-state index is 0.0582. The highest BCUT2D eigenvalue weighted by Crippen LogP contribution is 2.44. The molecule has 7 nitrogen and oxygen atoms in total. The molecule has 2 N–H and O–H groups in total. The summed E-state index contributed by atoms with van der Waals surface area (Å²) in [5, 5.41) is 5.93. The highest BCUT2D eigenvalue weighted by molar-refractivity contribution is 5.91. The van der Waals surface area contributed by atoms with Gasteiger partial charge in [0.05, 0.1) is 6.04 Å². The Balaban J connectivity index is 1.08. The fraction of sp³-hybridized carbons (Fsp3) is 0.250. The maximum absolute atomic E-state index is 13.3. The number of hydrogen-bond donors (Lipinski definition) is 2. The summed E-state index contributed by atoms with van der Waals surface area (Å²) in [5.41, 5.74) is 6.47. The second-order valence-electron chi connectivity index (χ2n) is 11.1. The molecular weight excluding hydrogens is 538 g/mol. The quantitative estimate of drug-likeness (QED) is 0.279. The summed E-state index contributed by atoms with van der Waals surface area (Å²) in [7, 11) is 0. The standard InChI is InChI=1S/C36H35N3O4/c1-24(34(40)38-33(25-13-4-2-5-14-25)26-15-6-3-7-16-26)37-35(41)32-21-12-22-39(32)36(42)43-23-31-29-19-10-8-17-27(29)28-18-9-11-20-30(28)31/h2-11,13-20,24,31-33H,12,21-23H2,1H3,(H,37,41)(H,38,40)/t24-,32+/m1/s1. The number of nitrogens with one attached hydrogen (secondary N) is 2. The highest BCUT2D eigenvalue weighted by atomic mass is 16.6. The first-order chi connectivity index (χ1) is 21.0. The van der Waals surface area contributed by atoms with Gasteiger partial charge in [-0.3, -0.25) is 14.5 Å². The van der Waals surface area contributed by atoms with Gasteiger partial charge in [-0.05, 0) is 53.1 Å². The van der Waals surface area contributed by atoms with Crippen LogP contribution in [0.3, 0.4) is 0 Å². The summed E-state index contributed by atoms with van der Waals surface area (Å²) < 4.78 is 5.83. The molecule has 0 radical (unpaired) electrons. The van der Waals surface area contributed by atoms with Crippen molar-refractivity contribution in [3.05, 3.63) is 131 Å². The van der Waals surface area contributed by atoms with Crippen LogP contribution in [0.25, 0.3) is 11.1 Å². The number of hydrogen-bond acceptors (Lipinski definition) is 4. The molecule has 1 saturated heterocycles. The van der Waals surface area contributed by atoms with E-state index in [0.717, 1.165) is 33.4 Å². The van der Waals surface area contributed by atoms with Crippen LogP contribution in [0.2, 0.25) is 0 Å². The predicted molar refractivity (Wildman–Crippen MR) is 165 cm³/mol. The molecule has 2 atom stereocenters. The van der Waals surface area contributed by atoms with Gasteiger partial charge in [0.1, 0.15) is 18.7 Å². The summed E-state index contributed by atoms with van der Waals surface area (Å²) in [6.07, 6.45) is 0.693. The van der Waals surface area contributed by atoms with E-state index in [1.165, 1.54) is 4.90 Å². The first kappa shape index (κ1) is 28.2. The van der Waals surface area contributed by atoms with Crippen LogP contribution in [0, 0.1) is 0 Å². The van der Waals surface area contributed by atoms with Crippen molar-refractivity contribution in [1.82, 2.24) is 15.5 Å². The van der Waals surface area contributed by atoms with Crippen molar-refractivity contribution in [2.75, 3.05) is 13.2 Å². The van der Waals surface area contributed by atoms with Crippen LogP contribution >= 0.6 is 0 Å². The number of fused-ring (bicyclic) bond motifs is 3. The zero-order valence-electron chi connectivity index (χ0n) is 24.1. The maximum atomic E-state index is 13.3. The van der Waals surface area contributed by atoms with Gasteiger partial charge in [0.15, 0.2) is 0 Å². The van der Waals surface area contributed by atoms with Crippen molar-refractivity contribution in [3.63, 3.8) is 0 Å². The molecule has 1 aliphatic heterocycles. The fourth-order valence-corrected chi connectivity index (χ4v) is 6.23. The average Bonchev–Trinajstić information content (AvgIpc) is 3.67. The van der Waals surface area contributed by atoms with Gasteiger partial charge in [-0.1, -0.05) is 109 Å². The highest BCUT2D eigenvalue weighted by Gasteiger charge is 2.37. The molecule has 1 aliphatic carbocycles. The van der Waals surface area contributed by atoms with Gasteiger partial charge in [0.2, 0.25) is 11.8 Å². The van der Waals surface area contributed by atoms with E-state index >= 15 is 0 Å². The molecule has 43 heavy (non-hydrogen) atoms. The number of carbonyl (C=O) groups is 3. The normalized spacial score (nSPS) is 16.3. The van der Waals surface area contributed by atoms with Gasteiger partial charge in [0.25, 0.3) is 0 Å². The van der Waals surface area contributed by atoms with E-state index in [2.05, 4.69) is 34.9 Å². The number of carbonyl (C=O) groups excluding carboxylic acids is 3. The van der Waals surface area contributed by atoms with Crippen molar-refractivity contribution in [3.8, 4) is 11.1 Å². The van der Waals surface area contributed by atoms with E-state index in [9.17, 15) is 14.4 Å². The molecule has 7 heteroatoms. The molecule has 1 fully saturated rings. The van der Waals surface area contributed by atoms with Gasteiger partial charge < -0.3 is 15.4 Å². The number of ether oxygens (including phenoxy) is 1. The summed E-state index contributed by atoms with van der Waals surface area (Å²) in [4.78, 5) is 41.4. The Morgan fingerprint density at radius 2 is 1.30 bits per heavy atom. The zero-order valence-corrected chi connectivity index (χ0v) is 24.1. The Morgan fingerprint density at radius 1 is 0.767 bits per heavy atom. The summed E-state index contributed by atoms with van der Waals surface area (Å²) >= 11 is 0. The number of rotatable bonds is 8. The van der Waals surface area contributed by atoms with Gasteiger partial charge in [0, 0.05) is 12.5 Å². The third-order valence-electron chi connectivity index (χ3n) is 8.43. The van der Waals surface area contributed by atoms with Crippen LogP contribution in [0.15, 0.2) is 109 Å². The van der Waals surface area contributed by atoms with Crippen LogP contribution in [0.1, 0.15) is 54.0 Å². The lowest BCUT2D eigenvalue weighted by molar-refractivity contribution is -0.131. The van der Waals surface area contributed by atoms with Crippen LogP contribution in [0.4, 0.5) is 4.79 Å². The van der Waals surface area contributed by atoms with Crippen molar-refractivity contribution in [2.24, 2.45) is 0 Å². The van der Waals surface area contributed by atoms with Crippen LogP contribution in [-0.4, -0.2) is 48.0 Å². The first-order valence-corrected chi connectivity index (χ1v) is 14.8. The molecule has 0 spiro atoms. The monoisotopic (exact) mass is 573 g/mol. The van der Waals surface area contributed by atoms with Crippen molar-refractivity contribution in [2.45, 2.75) is 43.8 Å². The number of amides is 3. The van der Waals surface area contributed by atoms with E-state index in [4.69, 9.17) is 4.74 Å². The van der Waals surface area contributed by atoms with Crippen LogP contribution < -0.4 is 10.6 Å². The maximum Gasteiger partial charge on any atom is 0.410 e. The molecule has 1 heterocycles. The molecule has 0 bridgehead atoms. The average molecular weight is 574 g/mol. The molecule has 3 amide bonds. The lowest BCUT2D eigenvalue weighted by Gasteiger charge is -2.26. The minimum Gasteiger partial charge on any atom is -0.448 e. The number of benzene rings is 4. The molecule has 6 rings (SSSR count). The zero-order chi connectivity index (χ0) is 29.8. The van der Waals surface area contributed by atoms with E-state index in [0.29, 0.717) is 19.4 Å². The molecule has 2 aliphatic rings. The Hall–Kier alpha value is -4.91. The third-order valence-corrected chi connectivity index (χ3v) is 8.43.